The Morgan fingerprint density at radius 3 is 2.58 bits per heavy atom. The molecule has 0 fully saturated rings. The highest BCUT2D eigenvalue weighted by molar-refractivity contribution is 5.84. The number of benzene rings is 2. The number of carbonyl (C=O) groups is 1. The standard InChI is InChI=1S/C19H22N2O3/c1-14-8-9-18(12-15(14)2)23-10-11-24-19-7-5-4-6-17(19)13-20-21-16(3)22/h4-9,12-13H,10-11H2,1-3H3,(H,21,22)/b20-13-. The maximum absolute atomic E-state index is 10.8. The van der Waals surface area contributed by atoms with Gasteiger partial charge in [-0.15, -0.1) is 0 Å². The van der Waals surface area contributed by atoms with Gasteiger partial charge in [0.25, 0.3) is 0 Å². The zero-order valence-corrected chi connectivity index (χ0v) is 14.2. The van der Waals surface area contributed by atoms with Crippen LogP contribution in [0.3, 0.4) is 0 Å². The molecule has 0 heterocycles. The molecule has 1 amide bonds. The van der Waals surface area contributed by atoms with Crippen LogP contribution < -0.4 is 14.9 Å². The maximum Gasteiger partial charge on any atom is 0.236 e. The number of para-hydroxylation sites is 1. The molecule has 0 atom stereocenters. The van der Waals surface area contributed by atoms with E-state index < -0.39 is 0 Å². The minimum Gasteiger partial charge on any atom is -0.490 e. The van der Waals surface area contributed by atoms with Crippen LogP contribution >= 0.6 is 0 Å². The Morgan fingerprint density at radius 2 is 1.83 bits per heavy atom. The van der Waals surface area contributed by atoms with E-state index in [1.165, 1.54) is 18.1 Å². The number of hydrogen-bond acceptors (Lipinski definition) is 4. The quantitative estimate of drug-likeness (QED) is 0.483. The molecule has 5 nitrogen and oxygen atoms in total. The summed E-state index contributed by atoms with van der Waals surface area (Å²) in [5.74, 6) is 1.31. The van der Waals surface area contributed by atoms with Crippen molar-refractivity contribution in [3.05, 3.63) is 59.2 Å². The first-order valence-corrected chi connectivity index (χ1v) is 7.78. The smallest absolute Gasteiger partial charge is 0.236 e. The Morgan fingerprint density at radius 1 is 1.08 bits per heavy atom. The van der Waals surface area contributed by atoms with Gasteiger partial charge in [0.1, 0.15) is 24.7 Å². The van der Waals surface area contributed by atoms with Gasteiger partial charge in [0.15, 0.2) is 0 Å². The number of nitrogens with one attached hydrogen (secondary N) is 1. The Balaban J connectivity index is 1.86. The molecule has 0 saturated carbocycles. The Labute approximate surface area is 142 Å². The molecular weight excluding hydrogens is 304 g/mol. The molecule has 1 N–H and O–H groups in total. The molecular formula is C19H22N2O3. The van der Waals surface area contributed by atoms with Gasteiger partial charge in [-0.1, -0.05) is 18.2 Å². The van der Waals surface area contributed by atoms with E-state index in [0.717, 1.165) is 11.3 Å². The number of hydrogen-bond donors (Lipinski definition) is 1. The van der Waals surface area contributed by atoms with Crippen molar-refractivity contribution in [1.29, 1.82) is 0 Å². The molecule has 24 heavy (non-hydrogen) atoms. The molecule has 0 bridgehead atoms. The number of ether oxygens (including phenoxy) is 2. The van der Waals surface area contributed by atoms with Crippen molar-refractivity contribution < 1.29 is 14.3 Å². The summed E-state index contributed by atoms with van der Waals surface area (Å²) in [5, 5.41) is 3.86. The Bertz CT molecular complexity index is 726. The predicted octanol–water partition coefficient (Wildman–Crippen LogP) is 3.23. The number of rotatable bonds is 7. The number of carbonyl (C=O) groups excluding carboxylic acids is 1. The molecule has 2 aromatic rings. The maximum atomic E-state index is 10.8. The lowest BCUT2D eigenvalue weighted by atomic mass is 10.1. The molecule has 5 heteroatoms. The summed E-state index contributed by atoms with van der Waals surface area (Å²) in [6, 6.07) is 13.5. The van der Waals surface area contributed by atoms with Crippen molar-refractivity contribution in [2.75, 3.05) is 13.2 Å². The zero-order chi connectivity index (χ0) is 17.4. The topological polar surface area (TPSA) is 59.9 Å². The van der Waals surface area contributed by atoms with Crippen LogP contribution in [0.25, 0.3) is 0 Å². The number of amides is 1. The minimum absolute atomic E-state index is 0.216. The van der Waals surface area contributed by atoms with Crippen LogP contribution in [0.5, 0.6) is 11.5 Å². The summed E-state index contributed by atoms with van der Waals surface area (Å²) in [7, 11) is 0. The van der Waals surface area contributed by atoms with Gasteiger partial charge < -0.3 is 9.47 Å². The van der Waals surface area contributed by atoms with Crippen LogP contribution in [0.4, 0.5) is 0 Å². The molecule has 0 unspecified atom stereocenters. The van der Waals surface area contributed by atoms with Crippen molar-refractivity contribution in [2.24, 2.45) is 5.10 Å². The molecule has 126 valence electrons. The van der Waals surface area contributed by atoms with Crippen LogP contribution in [-0.2, 0) is 4.79 Å². The number of hydrazone groups is 1. The molecule has 0 aromatic heterocycles. The van der Waals surface area contributed by atoms with Gasteiger partial charge in [-0.05, 0) is 49.2 Å². The minimum atomic E-state index is -0.216. The highest BCUT2D eigenvalue weighted by Crippen LogP contribution is 2.17. The van der Waals surface area contributed by atoms with E-state index in [1.807, 2.05) is 42.5 Å². The number of aryl methyl sites for hydroxylation is 2. The second-order valence-electron chi connectivity index (χ2n) is 5.41. The second kappa shape index (κ2) is 8.72. The van der Waals surface area contributed by atoms with Gasteiger partial charge in [-0.25, -0.2) is 5.43 Å². The predicted molar refractivity (Wildman–Crippen MR) is 94.8 cm³/mol. The van der Waals surface area contributed by atoms with E-state index in [4.69, 9.17) is 9.47 Å². The average molecular weight is 326 g/mol. The van der Waals surface area contributed by atoms with E-state index >= 15 is 0 Å². The van der Waals surface area contributed by atoms with Crippen molar-refractivity contribution in [2.45, 2.75) is 20.8 Å². The second-order valence-corrected chi connectivity index (χ2v) is 5.41. The third-order valence-electron chi connectivity index (χ3n) is 3.43. The van der Waals surface area contributed by atoms with Crippen molar-refractivity contribution in [3.63, 3.8) is 0 Å². The monoisotopic (exact) mass is 326 g/mol. The first-order valence-electron chi connectivity index (χ1n) is 7.78. The average Bonchev–Trinajstić information content (AvgIpc) is 2.55. The van der Waals surface area contributed by atoms with E-state index in [1.54, 1.807) is 6.21 Å². The molecule has 0 saturated heterocycles. The van der Waals surface area contributed by atoms with E-state index in [9.17, 15) is 4.79 Å². The van der Waals surface area contributed by atoms with Gasteiger partial charge in [-0.2, -0.15) is 5.10 Å². The van der Waals surface area contributed by atoms with Crippen molar-refractivity contribution >= 4 is 12.1 Å². The molecule has 2 rings (SSSR count). The summed E-state index contributed by atoms with van der Waals surface area (Å²) < 4.78 is 11.4. The molecule has 2 aromatic carbocycles. The molecule has 0 aliphatic heterocycles. The molecule has 0 radical (unpaired) electrons. The van der Waals surface area contributed by atoms with Gasteiger partial charge >= 0.3 is 0 Å². The first-order chi connectivity index (χ1) is 11.6. The summed E-state index contributed by atoms with van der Waals surface area (Å²) in [5.41, 5.74) is 5.60. The van der Waals surface area contributed by atoms with Crippen molar-refractivity contribution in [3.8, 4) is 11.5 Å². The van der Waals surface area contributed by atoms with Crippen LogP contribution in [0.2, 0.25) is 0 Å². The van der Waals surface area contributed by atoms with Gasteiger partial charge in [0.05, 0.1) is 6.21 Å². The number of nitrogens with zero attached hydrogens (tertiary/aromatic N) is 1. The summed E-state index contributed by atoms with van der Waals surface area (Å²) >= 11 is 0. The largest absolute Gasteiger partial charge is 0.490 e. The van der Waals surface area contributed by atoms with Gasteiger partial charge in [0, 0.05) is 12.5 Å². The Hall–Kier alpha value is -2.82. The van der Waals surface area contributed by atoms with Crippen LogP contribution in [-0.4, -0.2) is 25.3 Å². The van der Waals surface area contributed by atoms with E-state index in [-0.39, 0.29) is 5.91 Å². The van der Waals surface area contributed by atoms with Crippen molar-refractivity contribution in [1.82, 2.24) is 5.43 Å². The summed E-state index contributed by atoms with van der Waals surface area (Å²) in [6.45, 7) is 6.40. The highest BCUT2D eigenvalue weighted by Gasteiger charge is 2.02. The first kappa shape index (κ1) is 17.5. The van der Waals surface area contributed by atoms with Crippen LogP contribution in [0.1, 0.15) is 23.6 Å². The fourth-order valence-corrected chi connectivity index (χ4v) is 2.03. The fraction of sp³-hybridized carbons (Fsp3) is 0.263. The van der Waals surface area contributed by atoms with E-state index in [0.29, 0.717) is 19.0 Å². The van der Waals surface area contributed by atoms with Gasteiger partial charge in [0.2, 0.25) is 5.91 Å². The Kier molecular flexibility index (Phi) is 6.37. The summed E-state index contributed by atoms with van der Waals surface area (Å²) in [4.78, 5) is 10.8. The van der Waals surface area contributed by atoms with Crippen LogP contribution in [0, 0.1) is 13.8 Å². The summed E-state index contributed by atoms with van der Waals surface area (Å²) in [6.07, 6.45) is 1.56. The lowest BCUT2D eigenvalue weighted by molar-refractivity contribution is -0.118. The fourth-order valence-electron chi connectivity index (χ4n) is 2.03. The SMILES string of the molecule is CC(=O)N/N=C\c1ccccc1OCCOc1ccc(C)c(C)c1. The van der Waals surface area contributed by atoms with E-state index in [2.05, 4.69) is 24.4 Å². The third-order valence-corrected chi connectivity index (χ3v) is 3.43. The molecule has 0 aliphatic rings. The highest BCUT2D eigenvalue weighted by atomic mass is 16.5. The lowest BCUT2D eigenvalue weighted by Gasteiger charge is -2.11. The van der Waals surface area contributed by atoms with Gasteiger partial charge in [-0.3, -0.25) is 4.79 Å². The lowest BCUT2D eigenvalue weighted by Crippen LogP contribution is -2.13. The third kappa shape index (κ3) is 5.43. The normalized spacial score (nSPS) is 10.6. The molecule has 0 aliphatic carbocycles. The van der Waals surface area contributed by atoms with Crippen LogP contribution in [0.15, 0.2) is 47.6 Å². The molecule has 0 spiro atoms. The zero-order valence-electron chi connectivity index (χ0n) is 14.2.